The van der Waals surface area contributed by atoms with Crippen LogP contribution in [0.15, 0.2) is 36.4 Å². The molecule has 146 valence electrons. The molecule has 1 aromatic heterocycles. The lowest BCUT2D eigenvalue weighted by molar-refractivity contribution is 0.102. The third-order valence-electron chi connectivity index (χ3n) is 4.07. The average molecular weight is 408 g/mol. The Morgan fingerprint density at radius 1 is 1.14 bits per heavy atom. The van der Waals surface area contributed by atoms with Crippen LogP contribution in [0, 0.1) is 11.6 Å². The standard InChI is InChI=1S/C19H16ClF2N3O3/c1-25-18(11-9-10(27-2)7-8-14(11)28-3)15(20)17(24-25)19(26)23-16-12(21)5-4-6-13(16)22/h4-9H,1-3H3,(H,23,26). The predicted octanol–water partition coefficient (Wildman–Crippen LogP) is 4.29. The Morgan fingerprint density at radius 3 is 2.43 bits per heavy atom. The summed E-state index contributed by atoms with van der Waals surface area (Å²) >= 11 is 6.40. The fourth-order valence-electron chi connectivity index (χ4n) is 2.72. The van der Waals surface area contributed by atoms with E-state index in [9.17, 15) is 13.6 Å². The molecule has 0 fully saturated rings. The first-order chi connectivity index (χ1) is 13.4. The van der Waals surface area contributed by atoms with E-state index < -0.39 is 23.2 Å². The molecule has 2 aromatic carbocycles. The van der Waals surface area contributed by atoms with E-state index in [0.717, 1.165) is 12.1 Å². The maximum Gasteiger partial charge on any atom is 0.277 e. The van der Waals surface area contributed by atoms with Crippen molar-refractivity contribution in [3.63, 3.8) is 0 Å². The number of hydrogen-bond acceptors (Lipinski definition) is 4. The molecule has 3 rings (SSSR count). The SMILES string of the molecule is COc1ccc(OC)c(-c2c(Cl)c(C(=O)Nc3c(F)cccc3F)nn2C)c1. The largest absolute Gasteiger partial charge is 0.497 e. The van der Waals surface area contributed by atoms with Gasteiger partial charge >= 0.3 is 0 Å². The van der Waals surface area contributed by atoms with Gasteiger partial charge in [0.05, 0.1) is 24.9 Å². The Labute approximate surface area is 164 Å². The predicted molar refractivity (Wildman–Crippen MR) is 101 cm³/mol. The maximum absolute atomic E-state index is 13.8. The summed E-state index contributed by atoms with van der Waals surface area (Å²) in [6.07, 6.45) is 0. The van der Waals surface area contributed by atoms with Crippen molar-refractivity contribution in [1.82, 2.24) is 9.78 Å². The van der Waals surface area contributed by atoms with Gasteiger partial charge in [-0.3, -0.25) is 9.48 Å². The number of aryl methyl sites for hydroxylation is 1. The Hall–Kier alpha value is -3.13. The minimum atomic E-state index is -0.907. The van der Waals surface area contributed by atoms with Crippen molar-refractivity contribution in [2.45, 2.75) is 0 Å². The molecular formula is C19H16ClF2N3O3. The van der Waals surface area contributed by atoms with Gasteiger partial charge in [-0.15, -0.1) is 0 Å². The molecule has 0 bridgehead atoms. The number of carbonyl (C=O) groups excluding carboxylic acids is 1. The summed E-state index contributed by atoms with van der Waals surface area (Å²) in [5.74, 6) is -1.63. The highest BCUT2D eigenvalue weighted by atomic mass is 35.5. The summed E-state index contributed by atoms with van der Waals surface area (Å²) in [7, 11) is 4.59. The average Bonchev–Trinajstić information content (AvgIpc) is 2.98. The number of ether oxygens (including phenoxy) is 2. The molecule has 0 radical (unpaired) electrons. The van der Waals surface area contributed by atoms with Crippen molar-refractivity contribution in [2.24, 2.45) is 7.05 Å². The van der Waals surface area contributed by atoms with E-state index in [0.29, 0.717) is 22.8 Å². The highest BCUT2D eigenvalue weighted by molar-refractivity contribution is 6.36. The molecule has 3 aromatic rings. The van der Waals surface area contributed by atoms with Gasteiger partial charge in [-0.1, -0.05) is 17.7 Å². The Kier molecular flexibility index (Phi) is 5.51. The van der Waals surface area contributed by atoms with Crippen LogP contribution in [-0.4, -0.2) is 29.9 Å². The van der Waals surface area contributed by atoms with Gasteiger partial charge in [0.2, 0.25) is 0 Å². The molecule has 0 atom stereocenters. The molecule has 6 nitrogen and oxygen atoms in total. The quantitative estimate of drug-likeness (QED) is 0.685. The third-order valence-corrected chi connectivity index (χ3v) is 4.43. The van der Waals surface area contributed by atoms with Gasteiger partial charge in [0.1, 0.15) is 28.8 Å². The van der Waals surface area contributed by atoms with E-state index in [4.69, 9.17) is 21.1 Å². The molecule has 0 spiro atoms. The van der Waals surface area contributed by atoms with Gasteiger partial charge in [0.25, 0.3) is 5.91 Å². The van der Waals surface area contributed by atoms with Crippen LogP contribution >= 0.6 is 11.6 Å². The molecule has 0 unspecified atom stereocenters. The number of rotatable bonds is 5. The topological polar surface area (TPSA) is 65.4 Å². The van der Waals surface area contributed by atoms with Crippen molar-refractivity contribution in [3.05, 3.63) is 58.7 Å². The Bertz CT molecular complexity index is 1030. The number of carbonyl (C=O) groups is 1. The lowest BCUT2D eigenvalue weighted by Crippen LogP contribution is -2.15. The minimum Gasteiger partial charge on any atom is -0.497 e. The number of para-hydroxylation sites is 1. The second kappa shape index (κ2) is 7.85. The summed E-state index contributed by atoms with van der Waals surface area (Å²) < 4.78 is 39.6. The van der Waals surface area contributed by atoms with Gasteiger partial charge in [-0.2, -0.15) is 5.10 Å². The first-order valence-corrected chi connectivity index (χ1v) is 8.45. The van der Waals surface area contributed by atoms with Crippen LogP contribution in [-0.2, 0) is 7.05 Å². The van der Waals surface area contributed by atoms with Gasteiger partial charge in [-0.05, 0) is 30.3 Å². The van der Waals surface area contributed by atoms with E-state index in [2.05, 4.69) is 10.4 Å². The second-order valence-corrected chi connectivity index (χ2v) is 6.13. The summed E-state index contributed by atoms with van der Waals surface area (Å²) in [6.45, 7) is 0. The molecule has 0 saturated carbocycles. The number of nitrogens with one attached hydrogen (secondary N) is 1. The van der Waals surface area contributed by atoms with E-state index in [-0.39, 0.29) is 10.7 Å². The monoisotopic (exact) mass is 407 g/mol. The van der Waals surface area contributed by atoms with E-state index >= 15 is 0 Å². The van der Waals surface area contributed by atoms with Crippen molar-refractivity contribution in [1.29, 1.82) is 0 Å². The number of hydrogen-bond donors (Lipinski definition) is 1. The molecule has 0 aliphatic heterocycles. The van der Waals surface area contributed by atoms with Crippen molar-refractivity contribution in [3.8, 4) is 22.8 Å². The van der Waals surface area contributed by atoms with E-state index in [1.807, 2.05) is 0 Å². The van der Waals surface area contributed by atoms with Crippen molar-refractivity contribution >= 4 is 23.2 Å². The first-order valence-electron chi connectivity index (χ1n) is 8.07. The summed E-state index contributed by atoms with van der Waals surface area (Å²) in [5.41, 5.74) is 0.163. The smallest absolute Gasteiger partial charge is 0.277 e. The zero-order chi connectivity index (χ0) is 20.4. The third kappa shape index (κ3) is 3.50. The van der Waals surface area contributed by atoms with Gasteiger partial charge in [-0.25, -0.2) is 8.78 Å². The highest BCUT2D eigenvalue weighted by Gasteiger charge is 2.25. The number of amides is 1. The molecule has 1 amide bonds. The van der Waals surface area contributed by atoms with Crippen LogP contribution in [0.2, 0.25) is 5.02 Å². The van der Waals surface area contributed by atoms with Crippen molar-refractivity contribution in [2.75, 3.05) is 19.5 Å². The maximum atomic E-state index is 13.8. The molecule has 0 aliphatic carbocycles. The number of benzene rings is 2. The van der Waals surface area contributed by atoms with Crippen LogP contribution in [0.5, 0.6) is 11.5 Å². The fourth-order valence-corrected chi connectivity index (χ4v) is 3.07. The minimum absolute atomic E-state index is 0.00306. The Morgan fingerprint density at radius 2 is 1.82 bits per heavy atom. The van der Waals surface area contributed by atoms with Crippen LogP contribution in [0.1, 0.15) is 10.5 Å². The lowest BCUT2D eigenvalue weighted by Gasteiger charge is -2.11. The first kappa shape index (κ1) is 19.6. The van der Waals surface area contributed by atoms with E-state index in [1.54, 1.807) is 25.2 Å². The van der Waals surface area contributed by atoms with Crippen LogP contribution in [0.4, 0.5) is 14.5 Å². The van der Waals surface area contributed by atoms with Crippen molar-refractivity contribution < 1.29 is 23.0 Å². The van der Waals surface area contributed by atoms with E-state index in [1.165, 1.54) is 25.0 Å². The molecule has 0 aliphatic rings. The van der Waals surface area contributed by atoms with Crippen LogP contribution in [0.3, 0.4) is 0 Å². The van der Waals surface area contributed by atoms with Crippen LogP contribution in [0.25, 0.3) is 11.3 Å². The second-order valence-electron chi connectivity index (χ2n) is 5.75. The molecule has 1 N–H and O–H groups in total. The number of aromatic nitrogens is 2. The number of nitrogens with zero attached hydrogens (tertiary/aromatic N) is 2. The zero-order valence-corrected chi connectivity index (χ0v) is 16.0. The number of methoxy groups -OCH3 is 2. The molecule has 28 heavy (non-hydrogen) atoms. The van der Waals surface area contributed by atoms with Crippen LogP contribution < -0.4 is 14.8 Å². The lowest BCUT2D eigenvalue weighted by atomic mass is 10.1. The number of anilines is 1. The van der Waals surface area contributed by atoms with Gasteiger partial charge in [0, 0.05) is 12.6 Å². The molecule has 0 saturated heterocycles. The normalized spacial score (nSPS) is 10.6. The zero-order valence-electron chi connectivity index (χ0n) is 15.2. The summed E-state index contributed by atoms with van der Waals surface area (Å²) in [6, 6.07) is 8.34. The summed E-state index contributed by atoms with van der Waals surface area (Å²) in [5, 5.41) is 6.28. The van der Waals surface area contributed by atoms with Gasteiger partial charge in [0.15, 0.2) is 5.69 Å². The fraction of sp³-hybridized carbons (Fsp3) is 0.158. The highest BCUT2D eigenvalue weighted by Crippen LogP contribution is 2.38. The summed E-state index contributed by atoms with van der Waals surface area (Å²) in [4.78, 5) is 12.6. The molecule has 1 heterocycles. The van der Waals surface area contributed by atoms with Gasteiger partial charge < -0.3 is 14.8 Å². The molecule has 9 heteroatoms. The molecular weight excluding hydrogens is 392 g/mol. The number of halogens is 3. The Balaban J connectivity index is 2.04.